The number of hydrogen-bond donors (Lipinski definition) is 1. The number of nitrogens with one attached hydrogen (secondary N) is 1. The predicted molar refractivity (Wildman–Crippen MR) is 93.5 cm³/mol. The van der Waals surface area contributed by atoms with Crippen LogP contribution >= 0.6 is 0 Å². The smallest absolute Gasteiger partial charge is 0.232 e. The molecule has 2 aliphatic rings. The summed E-state index contributed by atoms with van der Waals surface area (Å²) in [6.45, 7) is 5.12. The molecule has 0 spiro atoms. The van der Waals surface area contributed by atoms with Crippen LogP contribution in [-0.4, -0.2) is 49.3 Å². The molecule has 2 fully saturated rings. The molecule has 2 heterocycles. The summed E-state index contributed by atoms with van der Waals surface area (Å²) in [6.07, 6.45) is 1.03. The van der Waals surface area contributed by atoms with Gasteiger partial charge in [0.05, 0.1) is 13.2 Å². The van der Waals surface area contributed by atoms with Gasteiger partial charge in [-0.25, -0.2) is 4.98 Å². The minimum Gasteiger partial charge on any atom is -0.424 e. The summed E-state index contributed by atoms with van der Waals surface area (Å²) < 4.78 is 11.2. The summed E-state index contributed by atoms with van der Waals surface area (Å²) in [4.78, 5) is 6.75. The average molecular weight is 338 g/mol. The van der Waals surface area contributed by atoms with Gasteiger partial charge in [-0.3, -0.25) is 4.90 Å². The molecular weight excluding hydrogens is 316 g/mol. The van der Waals surface area contributed by atoms with E-state index in [-0.39, 0.29) is 5.92 Å². The Labute approximate surface area is 147 Å². The van der Waals surface area contributed by atoms with Crippen molar-refractivity contribution in [2.24, 2.45) is 0 Å². The van der Waals surface area contributed by atoms with Gasteiger partial charge in [-0.05, 0) is 17.9 Å². The minimum absolute atomic E-state index is 0.282. The Morgan fingerprint density at radius 2 is 2.00 bits per heavy atom. The van der Waals surface area contributed by atoms with Crippen LogP contribution in [0.2, 0.25) is 0 Å². The molecule has 0 unspecified atom stereocenters. The summed E-state index contributed by atoms with van der Waals surface area (Å²) >= 11 is 0. The molecule has 0 bridgehead atoms. The lowest BCUT2D eigenvalue weighted by Crippen LogP contribution is -2.39. The van der Waals surface area contributed by atoms with Crippen LogP contribution in [0.1, 0.15) is 35.4 Å². The zero-order valence-electron chi connectivity index (χ0n) is 14.1. The van der Waals surface area contributed by atoms with Gasteiger partial charge in [-0.15, -0.1) is 0 Å². The summed E-state index contributed by atoms with van der Waals surface area (Å²) in [5, 5.41) is 12.6. The maximum atomic E-state index is 9.33. The van der Waals surface area contributed by atoms with Gasteiger partial charge in [0.15, 0.2) is 0 Å². The van der Waals surface area contributed by atoms with Gasteiger partial charge in [0.1, 0.15) is 6.07 Å². The number of nitrogens with zero attached hydrogens (tertiary/aromatic N) is 3. The van der Waals surface area contributed by atoms with Crippen molar-refractivity contribution in [1.82, 2.24) is 9.88 Å². The Morgan fingerprint density at radius 3 is 2.76 bits per heavy atom. The van der Waals surface area contributed by atoms with Crippen molar-refractivity contribution in [3.05, 3.63) is 47.5 Å². The Morgan fingerprint density at radius 1 is 1.20 bits per heavy atom. The van der Waals surface area contributed by atoms with E-state index in [1.165, 1.54) is 5.56 Å². The van der Waals surface area contributed by atoms with Crippen molar-refractivity contribution in [3.8, 4) is 6.07 Å². The Balaban J connectivity index is 1.36. The normalized spacial score (nSPS) is 23.2. The maximum absolute atomic E-state index is 9.33. The highest BCUT2D eigenvalue weighted by molar-refractivity contribution is 5.46. The quantitative estimate of drug-likeness (QED) is 0.872. The average Bonchev–Trinajstić information content (AvgIpc) is 3.37. The number of anilines is 1. The standard InChI is InChI=1S/C19H22N4O2/c20-13-17-19(21-6-7-23-8-10-24-11-9-23)25-18(22-17)16-12-15(16)14-4-2-1-3-5-14/h1-5,15-16,21H,6-12H2/t15-,16-/m1/s1. The van der Waals surface area contributed by atoms with Crippen LogP contribution in [0.15, 0.2) is 34.7 Å². The van der Waals surface area contributed by atoms with E-state index in [9.17, 15) is 5.26 Å². The topological polar surface area (TPSA) is 74.3 Å². The van der Waals surface area contributed by atoms with Gasteiger partial charge in [-0.2, -0.15) is 5.26 Å². The van der Waals surface area contributed by atoms with Crippen molar-refractivity contribution >= 4 is 5.88 Å². The number of hydrogen-bond acceptors (Lipinski definition) is 6. The fourth-order valence-corrected chi connectivity index (χ4v) is 3.38. The fraction of sp³-hybridized carbons (Fsp3) is 0.474. The molecular formula is C19H22N4O2. The minimum atomic E-state index is 0.282. The highest BCUT2D eigenvalue weighted by atomic mass is 16.5. The van der Waals surface area contributed by atoms with Crippen LogP contribution in [0.5, 0.6) is 0 Å². The summed E-state index contributed by atoms with van der Waals surface area (Å²) in [6, 6.07) is 12.6. The van der Waals surface area contributed by atoms with E-state index in [4.69, 9.17) is 9.15 Å². The molecule has 0 radical (unpaired) electrons. The molecule has 4 rings (SSSR count). The molecule has 1 aromatic heterocycles. The van der Waals surface area contributed by atoms with E-state index in [0.717, 1.165) is 45.8 Å². The first kappa shape index (κ1) is 16.1. The Bertz CT molecular complexity index is 747. The van der Waals surface area contributed by atoms with Gasteiger partial charge < -0.3 is 14.5 Å². The number of oxazole rings is 1. The van der Waals surface area contributed by atoms with Crippen LogP contribution in [0.3, 0.4) is 0 Å². The van der Waals surface area contributed by atoms with E-state index in [2.05, 4.69) is 45.5 Å². The van der Waals surface area contributed by atoms with Gasteiger partial charge in [0, 0.05) is 32.1 Å². The van der Waals surface area contributed by atoms with Gasteiger partial charge >= 0.3 is 0 Å². The molecule has 2 aromatic rings. The van der Waals surface area contributed by atoms with Gasteiger partial charge in [0.25, 0.3) is 0 Å². The van der Waals surface area contributed by atoms with Crippen LogP contribution in [0.25, 0.3) is 0 Å². The lowest BCUT2D eigenvalue weighted by Gasteiger charge is -2.26. The van der Waals surface area contributed by atoms with Crippen molar-refractivity contribution < 1.29 is 9.15 Å². The maximum Gasteiger partial charge on any atom is 0.232 e. The zero-order chi connectivity index (χ0) is 17.1. The van der Waals surface area contributed by atoms with E-state index >= 15 is 0 Å². The lowest BCUT2D eigenvalue weighted by molar-refractivity contribution is 0.0398. The molecule has 1 saturated heterocycles. The molecule has 6 nitrogen and oxygen atoms in total. The first-order valence-electron chi connectivity index (χ1n) is 8.85. The number of morpholine rings is 1. The van der Waals surface area contributed by atoms with Crippen molar-refractivity contribution in [2.75, 3.05) is 44.7 Å². The van der Waals surface area contributed by atoms with Crippen LogP contribution in [-0.2, 0) is 4.74 Å². The van der Waals surface area contributed by atoms with Crippen LogP contribution < -0.4 is 5.32 Å². The van der Waals surface area contributed by atoms with Crippen molar-refractivity contribution in [1.29, 1.82) is 5.26 Å². The molecule has 1 aromatic carbocycles. The lowest BCUT2D eigenvalue weighted by atomic mass is 10.1. The van der Waals surface area contributed by atoms with E-state index in [0.29, 0.717) is 23.4 Å². The molecule has 130 valence electrons. The number of ether oxygens (including phenoxy) is 1. The second kappa shape index (κ2) is 7.26. The molecule has 1 aliphatic carbocycles. The first-order valence-corrected chi connectivity index (χ1v) is 8.85. The van der Waals surface area contributed by atoms with Crippen molar-refractivity contribution in [2.45, 2.75) is 18.3 Å². The Hall–Kier alpha value is -2.36. The Kier molecular flexibility index (Phi) is 4.68. The third kappa shape index (κ3) is 3.68. The second-order valence-corrected chi connectivity index (χ2v) is 6.58. The summed E-state index contributed by atoms with van der Waals surface area (Å²) in [5.74, 6) is 1.92. The molecule has 2 atom stereocenters. The van der Waals surface area contributed by atoms with E-state index in [1.807, 2.05) is 6.07 Å². The predicted octanol–water partition coefficient (Wildman–Crippen LogP) is 2.56. The van der Waals surface area contributed by atoms with Crippen LogP contribution in [0.4, 0.5) is 5.88 Å². The van der Waals surface area contributed by atoms with Crippen molar-refractivity contribution in [3.63, 3.8) is 0 Å². The van der Waals surface area contributed by atoms with Gasteiger partial charge in [0.2, 0.25) is 17.5 Å². The number of aromatic nitrogens is 1. The second-order valence-electron chi connectivity index (χ2n) is 6.58. The number of nitriles is 1. The highest BCUT2D eigenvalue weighted by Gasteiger charge is 2.43. The highest BCUT2D eigenvalue weighted by Crippen LogP contribution is 2.54. The van der Waals surface area contributed by atoms with E-state index < -0.39 is 0 Å². The molecule has 1 aliphatic heterocycles. The zero-order valence-corrected chi connectivity index (χ0v) is 14.1. The molecule has 1 N–H and O–H groups in total. The number of benzene rings is 1. The third-order valence-corrected chi connectivity index (χ3v) is 4.90. The summed E-state index contributed by atoms with van der Waals surface area (Å²) in [7, 11) is 0. The first-order chi connectivity index (χ1) is 12.3. The SMILES string of the molecule is N#Cc1nc([C@@H]2C[C@@H]2c2ccccc2)oc1NCCN1CCOCC1. The molecule has 6 heteroatoms. The molecule has 0 amide bonds. The van der Waals surface area contributed by atoms with Gasteiger partial charge in [-0.1, -0.05) is 30.3 Å². The van der Waals surface area contributed by atoms with Crippen LogP contribution in [0, 0.1) is 11.3 Å². The summed E-state index contributed by atoms with van der Waals surface area (Å²) in [5.41, 5.74) is 1.67. The third-order valence-electron chi connectivity index (χ3n) is 4.90. The largest absolute Gasteiger partial charge is 0.424 e. The molecule has 1 saturated carbocycles. The fourth-order valence-electron chi connectivity index (χ4n) is 3.38. The van der Waals surface area contributed by atoms with E-state index in [1.54, 1.807) is 0 Å². The number of rotatable bonds is 6. The monoisotopic (exact) mass is 338 g/mol. The molecule has 25 heavy (non-hydrogen) atoms.